The van der Waals surface area contributed by atoms with Crippen LogP contribution in [0.15, 0.2) is 47.4 Å². The summed E-state index contributed by atoms with van der Waals surface area (Å²) < 4.78 is 27.0. The van der Waals surface area contributed by atoms with Gasteiger partial charge in [-0.25, -0.2) is 8.42 Å². The Morgan fingerprint density at radius 3 is 2.40 bits per heavy atom. The highest BCUT2D eigenvalue weighted by Crippen LogP contribution is 2.22. The van der Waals surface area contributed by atoms with E-state index >= 15 is 0 Å². The van der Waals surface area contributed by atoms with E-state index in [1.165, 1.54) is 24.3 Å². The molecule has 0 saturated heterocycles. The molecule has 20 heavy (non-hydrogen) atoms. The van der Waals surface area contributed by atoms with Crippen LogP contribution in [0.25, 0.3) is 0 Å². The molecule has 0 amide bonds. The Bertz CT molecular complexity index is 775. The molecule has 0 unspecified atom stereocenters. The molecule has 3 N–H and O–H groups in total. The van der Waals surface area contributed by atoms with Gasteiger partial charge in [0.1, 0.15) is 0 Å². The van der Waals surface area contributed by atoms with Crippen molar-refractivity contribution in [3.8, 4) is 6.07 Å². The molecule has 0 radical (unpaired) electrons. The van der Waals surface area contributed by atoms with Gasteiger partial charge in [-0.1, -0.05) is 6.07 Å². The van der Waals surface area contributed by atoms with Gasteiger partial charge in [0.25, 0.3) is 10.0 Å². The first kappa shape index (κ1) is 13.9. The smallest absolute Gasteiger partial charge is 0.261 e. The Kier molecular flexibility index (Phi) is 3.63. The van der Waals surface area contributed by atoms with Crippen molar-refractivity contribution in [2.45, 2.75) is 11.8 Å². The fourth-order valence-electron chi connectivity index (χ4n) is 1.66. The Morgan fingerprint density at radius 1 is 1.15 bits per heavy atom. The summed E-state index contributed by atoms with van der Waals surface area (Å²) in [6, 6.07) is 12.7. The molecule has 0 spiro atoms. The molecule has 2 aromatic carbocycles. The van der Waals surface area contributed by atoms with Crippen molar-refractivity contribution in [3.63, 3.8) is 0 Å². The monoisotopic (exact) mass is 287 g/mol. The first-order valence-corrected chi connectivity index (χ1v) is 7.30. The van der Waals surface area contributed by atoms with Crippen LogP contribution in [-0.2, 0) is 10.0 Å². The average molecular weight is 287 g/mol. The topological polar surface area (TPSA) is 96.0 Å². The van der Waals surface area contributed by atoms with Crippen molar-refractivity contribution in [1.29, 1.82) is 5.26 Å². The van der Waals surface area contributed by atoms with E-state index in [4.69, 9.17) is 11.0 Å². The quantitative estimate of drug-likeness (QED) is 0.846. The lowest BCUT2D eigenvalue weighted by Gasteiger charge is -2.11. The molecule has 6 heteroatoms. The minimum Gasteiger partial charge on any atom is -0.399 e. The van der Waals surface area contributed by atoms with E-state index in [0.717, 1.165) is 5.56 Å². The maximum absolute atomic E-state index is 12.2. The fourth-order valence-corrected chi connectivity index (χ4v) is 2.78. The van der Waals surface area contributed by atoms with Crippen LogP contribution in [0, 0.1) is 18.3 Å². The Morgan fingerprint density at radius 2 is 1.80 bits per heavy atom. The molecular weight excluding hydrogens is 274 g/mol. The maximum atomic E-state index is 12.2. The van der Waals surface area contributed by atoms with E-state index < -0.39 is 10.0 Å². The number of benzene rings is 2. The number of nitriles is 1. The number of nitrogens with one attached hydrogen (secondary N) is 1. The van der Waals surface area contributed by atoms with Crippen molar-refractivity contribution in [3.05, 3.63) is 53.6 Å². The van der Waals surface area contributed by atoms with Crippen LogP contribution >= 0.6 is 0 Å². The molecule has 0 aliphatic heterocycles. The SMILES string of the molecule is Cc1ccc(N)cc1NS(=O)(=O)c1ccc(C#N)cc1. The molecule has 0 aliphatic carbocycles. The van der Waals surface area contributed by atoms with Gasteiger partial charge in [-0.2, -0.15) is 5.26 Å². The van der Waals surface area contributed by atoms with Crippen LogP contribution in [0.4, 0.5) is 11.4 Å². The van der Waals surface area contributed by atoms with Crippen LogP contribution in [0.2, 0.25) is 0 Å². The molecule has 2 rings (SSSR count). The lowest BCUT2D eigenvalue weighted by Crippen LogP contribution is -2.14. The number of nitrogens with two attached hydrogens (primary N) is 1. The second-order valence-corrected chi connectivity index (χ2v) is 6.00. The van der Waals surface area contributed by atoms with Crippen molar-refractivity contribution in [2.75, 3.05) is 10.5 Å². The number of sulfonamides is 1. The summed E-state index contributed by atoms with van der Waals surface area (Å²) in [4.78, 5) is 0.0957. The maximum Gasteiger partial charge on any atom is 0.261 e. The van der Waals surface area contributed by atoms with Crippen molar-refractivity contribution in [1.82, 2.24) is 0 Å². The number of hydrogen-bond donors (Lipinski definition) is 2. The highest BCUT2D eigenvalue weighted by atomic mass is 32.2. The summed E-state index contributed by atoms with van der Waals surface area (Å²) >= 11 is 0. The first-order valence-electron chi connectivity index (χ1n) is 5.81. The van der Waals surface area contributed by atoms with Gasteiger partial charge in [0, 0.05) is 5.69 Å². The largest absolute Gasteiger partial charge is 0.399 e. The normalized spacial score (nSPS) is 10.8. The van der Waals surface area contributed by atoms with Gasteiger partial charge < -0.3 is 5.73 Å². The van der Waals surface area contributed by atoms with E-state index in [1.807, 2.05) is 6.07 Å². The molecule has 0 heterocycles. The zero-order valence-corrected chi connectivity index (χ0v) is 11.6. The number of aryl methyl sites for hydroxylation is 1. The van der Waals surface area contributed by atoms with Gasteiger partial charge in [-0.15, -0.1) is 0 Å². The number of rotatable bonds is 3. The number of anilines is 2. The van der Waals surface area contributed by atoms with Crippen molar-refractivity contribution >= 4 is 21.4 Å². The van der Waals surface area contributed by atoms with Crippen LogP contribution in [0.3, 0.4) is 0 Å². The van der Waals surface area contributed by atoms with Gasteiger partial charge in [-0.05, 0) is 48.9 Å². The predicted octanol–water partition coefficient (Wildman–Crippen LogP) is 2.25. The van der Waals surface area contributed by atoms with Crippen molar-refractivity contribution < 1.29 is 8.42 Å². The van der Waals surface area contributed by atoms with E-state index in [0.29, 0.717) is 16.9 Å². The van der Waals surface area contributed by atoms with E-state index in [2.05, 4.69) is 4.72 Å². The molecule has 0 aliphatic rings. The second kappa shape index (κ2) is 5.23. The Hall–Kier alpha value is -2.52. The lowest BCUT2D eigenvalue weighted by molar-refractivity contribution is 0.601. The Balaban J connectivity index is 2.35. The third-order valence-electron chi connectivity index (χ3n) is 2.80. The number of nitrogens with zero attached hydrogens (tertiary/aromatic N) is 1. The summed E-state index contributed by atoms with van der Waals surface area (Å²) in [5.74, 6) is 0. The number of nitrogen functional groups attached to an aromatic ring is 1. The van der Waals surface area contributed by atoms with E-state index in [1.54, 1.807) is 25.1 Å². The van der Waals surface area contributed by atoms with E-state index in [-0.39, 0.29) is 4.90 Å². The first-order chi connectivity index (χ1) is 9.42. The molecule has 0 atom stereocenters. The molecule has 0 bridgehead atoms. The summed E-state index contributed by atoms with van der Waals surface area (Å²) in [5.41, 5.74) is 7.75. The van der Waals surface area contributed by atoms with Crippen LogP contribution < -0.4 is 10.5 Å². The molecule has 2 aromatic rings. The summed E-state index contributed by atoms with van der Waals surface area (Å²) in [6.07, 6.45) is 0. The molecule has 0 fully saturated rings. The van der Waals surface area contributed by atoms with Gasteiger partial charge in [0.2, 0.25) is 0 Å². The summed E-state index contributed by atoms with van der Waals surface area (Å²) in [5, 5.41) is 8.70. The Labute approximate surface area is 117 Å². The third-order valence-corrected chi connectivity index (χ3v) is 4.18. The molecule has 0 saturated carbocycles. The summed E-state index contributed by atoms with van der Waals surface area (Å²) in [6.45, 7) is 1.79. The van der Waals surface area contributed by atoms with Gasteiger partial charge >= 0.3 is 0 Å². The van der Waals surface area contributed by atoms with Crippen LogP contribution in [-0.4, -0.2) is 8.42 Å². The highest BCUT2D eigenvalue weighted by molar-refractivity contribution is 7.92. The fraction of sp³-hybridized carbons (Fsp3) is 0.0714. The van der Waals surface area contributed by atoms with Crippen LogP contribution in [0.5, 0.6) is 0 Å². The highest BCUT2D eigenvalue weighted by Gasteiger charge is 2.15. The average Bonchev–Trinajstić information content (AvgIpc) is 2.43. The predicted molar refractivity (Wildman–Crippen MR) is 77.6 cm³/mol. The zero-order valence-electron chi connectivity index (χ0n) is 10.8. The minimum absolute atomic E-state index is 0.0957. The van der Waals surface area contributed by atoms with Crippen molar-refractivity contribution in [2.24, 2.45) is 0 Å². The minimum atomic E-state index is -3.69. The molecule has 5 nitrogen and oxygen atoms in total. The van der Waals surface area contributed by atoms with Gasteiger partial charge in [-0.3, -0.25) is 4.72 Å². The van der Waals surface area contributed by atoms with Crippen LogP contribution in [0.1, 0.15) is 11.1 Å². The second-order valence-electron chi connectivity index (χ2n) is 4.32. The van der Waals surface area contributed by atoms with Gasteiger partial charge in [0.05, 0.1) is 22.2 Å². The molecule has 102 valence electrons. The van der Waals surface area contributed by atoms with Gasteiger partial charge in [0.15, 0.2) is 0 Å². The number of hydrogen-bond acceptors (Lipinski definition) is 4. The lowest BCUT2D eigenvalue weighted by atomic mass is 10.2. The molecular formula is C14H13N3O2S. The third kappa shape index (κ3) is 2.90. The summed E-state index contributed by atoms with van der Waals surface area (Å²) in [7, 11) is -3.69. The van der Waals surface area contributed by atoms with E-state index in [9.17, 15) is 8.42 Å². The standard InChI is InChI=1S/C14H13N3O2S/c1-10-2-5-12(16)8-14(10)17-20(18,19)13-6-3-11(9-15)4-7-13/h2-8,17H,16H2,1H3. The molecule has 0 aromatic heterocycles. The zero-order chi connectivity index (χ0) is 14.8.